The monoisotopic (exact) mass is 744 g/mol. The summed E-state index contributed by atoms with van der Waals surface area (Å²) in [7, 11) is 0. The van der Waals surface area contributed by atoms with Gasteiger partial charge >= 0.3 is 5.92 Å². The molecule has 5 rings (SSSR count). The van der Waals surface area contributed by atoms with Crippen LogP contribution in [0.5, 0.6) is 0 Å². The van der Waals surface area contributed by atoms with Crippen molar-refractivity contribution in [2.24, 2.45) is 11.8 Å². The molecule has 3 amide bonds. The van der Waals surface area contributed by atoms with Crippen molar-refractivity contribution in [3.63, 3.8) is 0 Å². The summed E-state index contributed by atoms with van der Waals surface area (Å²) in [5.74, 6) is -9.66. The van der Waals surface area contributed by atoms with Gasteiger partial charge in [-0.3, -0.25) is 29.1 Å². The lowest BCUT2D eigenvalue weighted by Gasteiger charge is -2.37. The van der Waals surface area contributed by atoms with Gasteiger partial charge < -0.3 is 15.5 Å². The lowest BCUT2D eigenvalue weighted by atomic mass is 9.76. The van der Waals surface area contributed by atoms with E-state index in [0.717, 1.165) is 37.1 Å². The van der Waals surface area contributed by atoms with E-state index >= 15 is 13.2 Å². The normalized spacial score (nSPS) is 17.1. The SMILES string of the molecule is CCC(=O)N[C@@H](C(=O)N1CCN(Cc2ccccn2)CC1)[C@@H](C)c1ccc(NC(=O)[C@@H](CC(=O)C(F)(F)c2cccc(C#N)c2)C2CCCCC2)c(F)c1. The van der Waals surface area contributed by atoms with Crippen LogP contribution in [0.1, 0.15) is 87.1 Å². The van der Waals surface area contributed by atoms with Crippen LogP contribution < -0.4 is 10.6 Å². The van der Waals surface area contributed by atoms with Crippen LogP contribution in [0.25, 0.3) is 0 Å². The van der Waals surface area contributed by atoms with Gasteiger partial charge in [-0.25, -0.2) is 4.39 Å². The highest BCUT2D eigenvalue weighted by Crippen LogP contribution is 2.38. The largest absolute Gasteiger partial charge is 0.344 e. The number of anilines is 1. The molecule has 3 aromatic rings. The Morgan fingerprint density at radius 3 is 2.37 bits per heavy atom. The first-order valence-corrected chi connectivity index (χ1v) is 18.6. The molecule has 1 aromatic heterocycles. The Hall–Kier alpha value is -5.09. The van der Waals surface area contributed by atoms with Crippen molar-refractivity contribution in [2.75, 3.05) is 31.5 Å². The number of ketones is 1. The zero-order valence-electron chi connectivity index (χ0n) is 30.7. The van der Waals surface area contributed by atoms with E-state index in [1.807, 2.05) is 18.2 Å². The maximum absolute atomic E-state index is 15.8. The van der Waals surface area contributed by atoms with Gasteiger partial charge in [0.1, 0.15) is 11.9 Å². The Labute approximate surface area is 314 Å². The summed E-state index contributed by atoms with van der Waals surface area (Å²) in [5.41, 5.74) is 0.502. The zero-order chi connectivity index (χ0) is 38.8. The molecule has 10 nitrogen and oxygen atoms in total. The highest BCUT2D eigenvalue weighted by atomic mass is 19.3. The first kappa shape index (κ1) is 40.1. The number of alkyl halides is 2. The number of hydrogen-bond donors (Lipinski definition) is 2. The number of benzene rings is 2. The number of carbonyl (C=O) groups excluding carboxylic acids is 4. The third kappa shape index (κ3) is 9.91. The minimum Gasteiger partial charge on any atom is -0.344 e. The fourth-order valence-electron chi connectivity index (χ4n) is 7.34. The van der Waals surface area contributed by atoms with Crippen LogP contribution in [0, 0.1) is 29.0 Å². The second kappa shape index (κ2) is 18.3. The van der Waals surface area contributed by atoms with Crippen molar-refractivity contribution in [1.82, 2.24) is 20.1 Å². The molecule has 1 saturated heterocycles. The van der Waals surface area contributed by atoms with Crippen LogP contribution in [0.2, 0.25) is 0 Å². The second-order valence-electron chi connectivity index (χ2n) is 14.2. The lowest BCUT2D eigenvalue weighted by molar-refractivity contribution is -0.147. The molecule has 1 aliphatic heterocycles. The molecule has 0 bridgehead atoms. The van der Waals surface area contributed by atoms with E-state index in [4.69, 9.17) is 5.26 Å². The number of carbonyl (C=O) groups is 4. The standard InChI is InChI=1S/C41H47F3N6O4/c1-3-37(52)48-38(40(54)50-20-18-49(19-21-50)26-32-14-7-8-17-46-32)27(2)30-15-16-35(34(42)23-30)47-39(53)33(29-11-5-4-6-12-29)24-36(51)41(43,44)31-13-9-10-28(22-31)25-45/h7-10,13-17,22-23,27,29,33,38H,3-6,11-12,18-21,24,26H2,1-2H3,(H,47,53)(H,48,52)/t27-,33-,38+/m0/s1. The van der Waals surface area contributed by atoms with Gasteiger partial charge in [-0.15, -0.1) is 0 Å². The van der Waals surface area contributed by atoms with Crippen LogP contribution in [0.3, 0.4) is 0 Å². The molecule has 2 heterocycles. The van der Waals surface area contributed by atoms with E-state index < -0.39 is 53.3 Å². The van der Waals surface area contributed by atoms with E-state index in [-0.39, 0.29) is 35.4 Å². The van der Waals surface area contributed by atoms with E-state index in [1.54, 1.807) is 37.1 Å². The Morgan fingerprint density at radius 1 is 0.981 bits per heavy atom. The smallest absolute Gasteiger partial charge is 0.330 e. The molecule has 3 atom stereocenters. The second-order valence-corrected chi connectivity index (χ2v) is 14.2. The van der Waals surface area contributed by atoms with Crippen molar-refractivity contribution in [1.29, 1.82) is 5.26 Å². The number of Topliss-reactive ketones (excluding diaryl/α,β-unsaturated/α-hetero) is 1. The number of piperazine rings is 1. The molecule has 13 heteroatoms. The summed E-state index contributed by atoms with van der Waals surface area (Å²) in [6, 6.07) is 15.3. The molecule has 1 aliphatic carbocycles. The first-order chi connectivity index (χ1) is 25.9. The minimum absolute atomic E-state index is 0.0199. The number of halogens is 3. The van der Waals surface area contributed by atoms with Crippen molar-refractivity contribution < 1.29 is 32.3 Å². The quantitative estimate of drug-likeness (QED) is 0.197. The molecule has 0 spiro atoms. The van der Waals surface area contributed by atoms with E-state index in [2.05, 4.69) is 20.5 Å². The van der Waals surface area contributed by atoms with Gasteiger partial charge in [0.25, 0.3) is 0 Å². The number of amides is 3. The molecule has 0 radical (unpaired) electrons. The van der Waals surface area contributed by atoms with Crippen LogP contribution in [-0.2, 0) is 31.6 Å². The predicted molar refractivity (Wildman–Crippen MR) is 197 cm³/mol. The van der Waals surface area contributed by atoms with Crippen LogP contribution >= 0.6 is 0 Å². The number of nitrogens with one attached hydrogen (secondary N) is 2. The van der Waals surface area contributed by atoms with E-state index in [9.17, 15) is 19.2 Å². The average molecular weight is 745 g/mol. The van der Waals surface area contributed by atoms with Gasteiger partial charge in [-0.2, -0.15) is 14.0 Å². The molecule has 2 fully saturated rings. The summed E-state index contributed by atoms with van der Waals surface area (Å²) in [6.07, 6.45) is 4.75. The molecular formula is C41H47F3N6O4. The minimum atomic E-state index is -3.93. The van der Waals surface area contributed by atoms with Crippen molar-refractivity contribution >= 4 is 29.2 Å². The fourth-order valence-corrected chi connectivity index (χ4v) is 7.34. The summed E-state index contributed by atoms with van der Waals surface area (Å²) in [5, 5.41) is 14.5. The Balaban J connectivity index is 1.29. The molecule has 54 heavy (non-hydrogen) atoms. The number of pyridine rings is 1. The van der Waals surface area contributed by atoms with Crippen molar-refractivity contribution in [3.05, 3.63) is 95.1 Å². The van der Waals surface area contributed by atoms with Crippen LogP contribution in [0.15, 0.2) is 66.9 Å². The van der Waals surface area contributed by atoms with Gasteiger partial charge in [0.15, 0.2) is 0 Å². The highest BCUT2D eigenvalue weighted by Gasteiger charge is 2.44. The molecule has 286 valence electrons. The van der Waals surface area contributed by atoms with E-state index in [1.165, 1.54) is 24.3 Å². The zero-order valence-corrected chi connectivity index (χ0v) is 30.7. The first-order valence-electron chi connectivity index (χ1n) is 18.6. The summed E-state index contributed by atoms with van der Waals surface area (Å²) < 4.78 is 46.6. The molecule has 1 saturated carbocycles. The summed E-state index contributed by atoms with van der Waals surface area (Å²) >= 11 is 0. The summed E-state index contributed by atoms with van der Waals surface area (Å²) in [6.45, 7) is 6.18. The maximum Gasteiger partial charge on any atom is 0.330 e. The number of hydrogen-bond acceptors (Lipinski definition) is 7. The lowest BCUT2D eigenvalue weighted by Crippen LogP contribution is -2.56. The number of nitrogens with zero attached hydrogens (tertiary/aromatic N) is 4. The van der Waals surface area contributed by atoms with Gasteiger partial charge in [-0.1, -0.05) is 57.4 Å². The Morgan fingerprint density at radius 2 is 1.72 bits per heavy atom. The third-order valence-corrected chi connectivity index (χ3v) is 10.6. The predicted octanol–water partition coefficient (Wildman–Crippen LogP) is 6.32. The molecule has 2 aromatic carbocycles. The topological polar surface area (TPSA) is 136 Å². The summed E-state index contributed by atoms with van der Waals surface area (Å²) in [4.78, 5) is 61.6. The molecular weight excluding hydrogens is 697 g/mol. The molecule has 2 N–H and O–H groups in total. The van der Waals surface area contributed by atoms with Crippen LogP contribution in [0.4, 0.5) is 18.9 Å². The highest BCUT2D eigenvalue weighted by molar-refractivity contribution is 5.97. The van der Waals surface area contributed by atoms with Gasteiger partial charge in [0.2, 0.25) is 23.5 Å². The molecule has 2 aliphatic rings. The third-order valence-electron chi connectivity index (χ3n) is 10.6. The van der Waals surface area contributed by atoms with Crippen LogP contribution in [-0.4, -0.2) is 70.5 Å². The maximum atomic E-state index is 15.8. The van der Waals surface area contributed by atoms with Gasteiger partial charge in [-0.05, 0) is 60.7 Å². The fraction of sp³-hybridized carbons (Fsp3) is 0.463. The number of nitriles is 1. The average Bonchev–Trinajstić information content (AvgIpc) is 3.20. The van der Waals surface area contributed by atoms with Gasteiger partial charge in [0.05, 0.1) is 23.0 Å². The van der Waals surface area contributed by atoms with Gasteiger partial charge in [0, 0.05) is 69.2 Å². The van der Waals surface area contributed by atoms with Crippen molar-refractivity contribution in [3.8, 4) is 6.07 Å². The Kier molecular flexibility index (Phi) is 13.6. The van der Waals surface area contributed by atoms with Crippen molar-refractivity contribution in [2.45, 2.75) is 83.2 Å². The number of aromatic nitrogens is 1. The Bertz CT molecular complexity index is 1840. The molecule has 0 unspecified atom stereocenters. The number of rotatable bonds is 14. The van der Waals surface area contributed by atoms with E-state index in [0.29, 0.717) is 51.1 Å².